The number of hydrogen-bond acceptors (Lipinski definition) is 4. The number of β-amino-alcohol motifs (C(OH)–C–C–N with tert-alkyl or cyclic N) is 1. The Balaban J connectivity index is 2.14. The molecule has 0 aromatic heterocycles. The minimum Gasteiger partial charge on any atom is -0.496 e. The maximum absolute atomic E-state index is 12.1. The largest absolute Gasteiger partial charge is 0.496 e. The molecule has 1 heterocycles. The van der Waals surface area contributed by atoms with Gasteiger partial charge in [0.2, 0.25) is 11.8 Å². The summed E-state index contributed by atoms with van der Waals surface area (Å²) >= 11 is 0. The third-order valence-corrected chi connectivity index (χ3v) is 3.72. The van der Waals surface area contributed by atoms with E-state index in [9.17, 15) is 14.7 Å². The van der Waals surface area contributed by atoms with E-state index in [4.69, 9.17) is 4.74 Å². The van der Waals surface area contributed by atoms with E-state index < -0.39 is 6.10 Å². The second kappa shape index (κ2) is 5.85. The van der Waals surface area contributed by atoms with Crippen molar-refractivity contribution in [2.24, 2.45) is 5.41 Å². The average Bonchev–Trinajstić information content (AvgIpc) is 2.41. The van der Waals surface area contributed by atoms with Crippen LogP contribution >= 0.6 is 0 Å². The topological polar surface area (TPSA) is 66.8 Å². The molecule has 0 spiro atoms. The van der Waals surface area contributed by atoms with Gasteiger partial charge in [-0.1, -0.05) is 32.0 Å². The normalized spacial score (nSPS) is 19.5. The Bertz CT molecular complexity index is 533. The summed E-state index contributed by atoms with van der Waals surface area (Å²) in [6, 6.07) is 7.05. The number of piperidine rings is 1. The Morgan fingerprint density at radius 3 is 2.38 bits per heavy atom. The van der Waals surface area contributed by atoms with Gasteiger partial charge in [-0.15, -0.1) is 0 Å². The molecule has 1 atom stereocenters. The maximum atomic E-state index is 12.1. The van der Waals surface area contributed by atoms with Gasteiger partial charge in [-0.2, -0.15) is 0 Å². The van der Waals surface area contributed by atoms with Crippen LogP contribution in [0.3, 0.4) is 0 Å². The average molecular weight is 291 g/mol. The summed E-state index contributed by atoms with van der Waals surface area (Å²) in [5.74, 6) is 0.0811. The van der Waals surface area contributed by atoms with Gasteiger partial charge < -0.3 is 9.84 Å². The predicted octanol–water partition coefficient (Wildman–Crippen LogP) is 1.90. The zero-order valence-electron chi connectivity index (χ0n) is 12.6. The Labute approximate surface area is 124 Å². The van der Waals surface area contributed by atoms with Crippen molar-refractivity contribution in [1.82, 2.24) is 4.90 Å². The quantitative estimate of drug-likeness (QED) is 0.860. The molecular formula is C16H21NO4. The number of aliphatic hydroxyl groups is 1. The van der Waals surface area contributed by atoms with Crippen molar-refractivity contribution in [2.75, 3.05) is 13.7 Å². The minimum absolute atomic E-state index is 0.0336. The number of hydrogen-bond donors (Lipinski definition) is 1. The molecule has 1 fully saturated rings. The predicted molar refractivity (Wildman–Crippen MR) is 77.7 cm³/mol. The smallest absolute Gasteiger partial charge is 0.229 e. The number of carbonyl (C=O) groups is 2. The molecule has 0 saturated carbocycles. The number of rotatable bonds is 4. The lowest BCUT2D eigenvalue weighted by molar-refractivity contribution is -0.154. The van der Waals surface area contributed by atoms with Crippen LogP contribution in [0.5, 0.6) is 5.75 Å². The number of methoxy groups -OCH3 is 1. The van der Waals surface area contributed by atoms with Crippen LogP contribution in [0.2, 0.25) is 0 Å². The summed E-state index contributed by atoms with van der Waals surface area (Å²) in [7, 11) is 1.52. The molecule has 1 aliphatic heterocycles. The fraction of sp³-hybridized carbons (Fsp3) is 0.500. The first-order valence-electron chi connectivity index (χ1n) is 6.98. The molecule has 2 rings (SSSR count). The molecule has 1 aromatic carbocycles. The van der Waals surface area contributed by atoms with Gasteiger partial charge in [0.25, 0.3) is 0 Å². The molecule has 114 valence electrons. The number of aliphatic hydroxyl groups excluding tert-OH is 1. The number of carbonyl (C=O) groups excluding carboxylic acids is 2. The van der Waals surface area contributed by atoms with Gasteiger partial charge in [-0.25, -0.2) is 0 Å². The number of benzene rings is 1. The van der Waals surface area contributed by atoms with E-state index in [0.717, 1.165) is 4.90 Å². The molecule has 2 amide bonds. The first-order chi connectivity index (χ1) is 9.84. The fourth-order valence-electron chi connectivity index (χ4n) is 2.63. The number of amides is 2. The summed E-state index contributed by atoms with van der Waals surface area (Å²) in [6.07, 6.45) is -0.315. The number of para-hydroxylation sites is 1. The number of likely N-dealkylation sites (tertiary alicyclic amines) is 1. The molecule has 1 N–H and O–H groups in total. The highest BCUT2D eigenvalue weighted by Gasteiger charge is 2.38. The fourth-order valence-corrected chi connectivity index (χ4v) is 2.63. The van der Waals surface area contributed by atoms with Gasteiger partial charge in [-0.3, -0.25) is 14.5 Å². The summed E-state index contributed by atoms with van der Waals surface area (Å²) < 4.78 is 5.19. The summed E-state index contributed by atoms with van der Waals surface area (Å²) in [5, 5.41) is 10.3. The molecule has 21 heavy (non-hydrogen) atoms. The molecule has 1 aromatic rings. The van der Waals surface area contributed by atoms with E-state index >= 15 is 0 Å². The lowest BCUT2D eigenvalue weighted by Gasteiger charge is -2.35. The van der Waals surface area contributed by atoms with E-state index in [-0.39, 0.29) is 23.8 Å². The number of imide groups is 1. The highest BCUT2D eigenvalue weighted by Crippen LogP contribution is 2.33. The Kier molecular flexibility index (Phi) is 4.32. The van der Waals surface area contributed by atoms with Gasteiger partial charge in [0.1, 0.15) is 11.9 Å². The van der Waals surface area contributed by atoms with E-state index in [1.54, 1.807) is 24.3 Å². The highest BCUT2D eigenvalue weighted by atomic mass is 16.5. The molecule has 0 bridgehead atoms. The standard InChI is InChI=1S/C16H21NO4/c1-16(2)8-14(19)17(15(20)9-16)10-12(18)11-6-4-5-7-13(11)21-3/h4-7,12,18H,8-10H2,1-3H3. The molecule has 5 nitrogen and oxygen atoms in total. The lowest BCUT2D eigenvalue weighted by atomic mass is 9.81. The van der Waals surface area contributed by atoms with Crippen molar-refractivity contribution in [3.8, 4) is 5.75 Å². The molecule has 1 saturated heterocycles. The number of ether oxygens (including phenoxy) is 1. The number of nitrogens with zero attached hydrogens (tertiary/aromatic N) is 1. The summed E-state index contributed by atoms with van der Waals surface area (Å²) in [6.45, 7) is 3.77. The Hall–Kier alpha value is -1.88. The van der Waals surface area contributed by atoms with Crippen LogP contribution < -0.4 is 4.74 Å². The third-order valence-electron chi connectivity index (χ3n) is 3.72. The van der Waals surface area contributed by atoms with Crippen LogP contribution in [0.1, 0.15) is 38.4 Å². The molecule has 5 heteroatoms. The highest BCUT2D eigenvalue weighted by molar-refractivity contribution is 5.98. The monoisotopic (exact) mass is 291 g/mol. The van der Waals surface area contributed by atoms with Gasteiger partial charge in [0, 0.05) is 18.4 Å². The van der Waals surface area contributed by atoms with Gasteiger partial charge in [0.15, 0.2) is 0 Å². The third kappa shape index (κ3) is 3.42. The van der Waals surface area contributed by atoms with Crippen molar-refractivity contribution in [2.45, 2.75) is 32.8 Å². The van der Waals surface area contributed by atoms with Crippen LogP contribution in [0.4, 0.5) is 0 Å². The first-order valence-corrected chi connectivity index (χ1v) is 6.98. The van der Waals surface area contributed by atoms with E-state index in [0.29, 0.717) is 24.2 Å². The molecule has 0 aliphatic carbocycles. The minimum atomic E-state index is -0.949. The molecule has 0 radical (unpaired) electrons. The van der Waals surface area contributed by atoms with Crippen LogP contribution in [0, 0.1) is 5.41 Å². The van der Waals surface area contributed by atoms with Crippen molar-refractivity contribution in [1.29, 1.82) is 0 Å². The van der Waals surface area contributed by atoms with Gasteiger partial charge in [0.05, 0.1) is 13.7 Å². The van der Waals surface area contributed by atoms with E-state index in [1.165, 1.54) is 7.11 Å². The Morgan fingerprint density at radius 1 is 1.24 bits per heavy atom. The Morgan fingerprint density at radius 2 is 1.81 bits per heavy atom. The van der Waals surface area contributed by atoms with Crippen LogP contribution in [-0.2, 0) is 9.59 Å². The second-order valence-corrected chi connectivity index (χ2v) is 6.17. The maximum Gasteiger partial charge on any atom is 0.229 e. The van der Waals surface area contributed by atoms with Gasteiger partial charge >= 0.3 is 0 Å². The van der Waals surface area contributed by atoms with Crippen LogP contribution in [-0.4, -0.2) is 35.5 Å². The summed E-state index contributed by atoms with van der Waals surface area (Å²) in [4.78, 5) is 25.4. The van der Waals surface area contributed by atoms with E-state index in [2.05, 4.69) is 0 Å². The summed E-state index contributed by atoms with van der Waals surface area (Å²) in [5.41, 5.74) is 0.269. The molecular weight excluding hydrogens is 270 g/mol. The lowest BCUT2D eigenvalue weighted by Crippen LogP contribution is -2.47. The van der Waals surface area contributed by atoms with E-state index in [1.807, 2.05) is 13.8 Å². The van der Waals surface area contributed by atoms with Crippen LogP contribution in [0.15, 0.2) is 24.3 Å². The zero-order chi connectivity index (χ0) is 15.6. The second-order valence-electron chi connectivity index (χ2n) is 6.17. The SMILES string of the molecule is COc1ccccc1C(O)CN1C(=O)CC(C)(C)CC1=O. The molecule has 1 aliphatic rings. The van der Waals surface area contributed by atoms with Crippen molar-refractivity contribution in [3.05, 3.63) is 29.8 Å². The first kappa shape index (κ1) is 15.5. The van der Waals surface area contributed by atoms with Crippen molar-refractivity contribution >= 4 is 11.8 Å². The zero-order valence-corrected chi connectivity index (χ0v) is 12.6. The van der Waals surface area contributed by atoms with Gasteiger partial charge in [-0.05, 0) is 11.5 Å². The van der Waals surface area contributed by atoms with Crippen LogP contribution in [0.25, 0.3) is 0 Å². The van der Waals surface area contributed by atoms with Crippen molar-refractivity contribution in [3.63, 3.8) is 0 Å². The van der Waals surface area contributed by atoms with Crippen molar-refractivity contribution < 1.29 is 19.4 Å². The molecule has 1 unspecified atom stereocenters.